The predicted octanol–water partition coefficient (Wildman–Crippen LogP) is 8.70. The summed E-state index contributed by atoms with van der Waals surface area (Å²) >= 11 is 4.25. The Bertz CT molecular complexity index is 2300. The monoisotopic (exact) mass is 700 g/mol. The number of nitrogens with one attached hydrogen (secondary N) is 2. The van der Waals surface area contributed by atoms with Crippen LogP contribution in [0.1, 0.15) is 22.5 Å². The molecular formula is C38H32N6O2S3. The van der Waals surface area contributed by atoms with Crippen LogP contribution < -0.4 is 10.6 Å². The molecule has 0 aliphatic carbocycles. The molecule has 0 aliphatic rings. The first-order valence-electron chi connectivity index (χ1n) is 15.7. The van der Waals surface area contributed by atoms with Gasteiger partial charge in [0, 0.05) is 23.5 Å². The Kier molecular flexibility index (Phi) is 9.74. The first kappa shape index (κ1) is 32.6. The minimum absolute atomic E-state index is 0.0783. The number of carbonyl (C=O) groups is 2. The lowest BCUT2D eigenvalue weighted by Crippen LogP contribution is -2.14. The molecular weight excluding hydrogens is 669 g/mol. The Balaban J connectivity index is 1.000. The Hall–Kier alpha value is -4.97. The number of hydrogen-bond donors (Lipinski definition) is 2. The topological polar surface area (TPSA) is 102 Å². The Morgan fingerprint density at radius 1 is 0.776 bits per heavy atom. The SMILES string of the molecule is Cc1ccc(NC(=O)CSc2nc3ccc(NC(=O)CSc4nnc(Cc5cccc6ccccc56)n4-c4ccccc4)cc3s2)c(C)c1. The first-order valence-corrected chi connectivity index (χ1v) is 18.5. The van der Waals surface area contributed by atoms with Gasteiger partial charge < -0.3 is 10.6 Å². The number of thioether (sulfide) groups is 2. The van der Waals surface area contributed by atoms with Crippen LogP contribution in [0, 0.1) is 13.8 Å². The van der Waals surface area contributed by atoms with Gasteiger partial charge in [0.15, 0.2) is 9.50 Å². The van der Waals surface area contributed by atoms with Crippen LogP contribution in [0.5, 0.6) is 0 Å². The number of fused-ring (bicyclic) bond motifs is 2. The Labute approximate surface area is 296 Å². The van der Waals surface area contributed by atoms with Crippen LogP contribution in [-0.2, 0) is 16.0 Å². The summed E-state index contributed by atoms with van der Waals surface area (Å²) in [7, 11) is 0. The van der Waals surface area contributed by atoms with Crippen molar-refractivity contribution in [3.63, 3.8) is 0 Å². The molecule has 0 fully saturated rings. The van der Waals surface area contributed by atoms with E-state index in [1.807, 2.05) is 97.3 Å². The highest BCUT2D eigenvalue weighted by Crippen LogP contribution is 2.32. The lowest BCUT2D eigenvalue weighted by Gasteiger charge is -2.11. The van der Waals surface area contributed by atoms with Crippen LogP contribution in [0.25, 0.3) is 26.7 Å². The van der Waals surface area contributed by atoms with Gasteiger partial charge in [-0.25, -0.2) is 4.98 Å². The maximum absolute atomic E-state index is 13.1. The van der Waals surface area contributed by atoms with Crippen LogP contribution in [-0.4, -0.2) is 43.1 Å². The van der Waals surface area contributed by atoms with Gasteiger partial charge >= 0.3 is 0 Å². The molecule has 244 valence electrons. The normalized spacial score (nSPS) is 11.2. The van der Waals surface area contributed by atoms with Crippen molar-refractivity contribution in [3.05, 3.63) is 132 Å². The van der Waals surface area contributed by atoms with E-state index in [-0.39, 0.29) is 23.3 Å². The van der Waals surface area contributed by atoms with Gasteiger partial charge in [-0.3, -0.25) is 14.2 Å². The van der Waals surface area contributed by atoms with E-state index in [1.54, 1.807) is 0 Å². The summed E-state index contributed by atoms with van der Waals surface area (Å²) < 4.78 is 3.76. The molecule has 7 aromatic rings. The number of anilines is 2. The van der Waals surface area contributed by atoms with Crippen molar-refractivity contribution in [1.82, 2.24) is 19.7 Å². The van der Waals surface area contributed by atoms with E-state index >= 15 is 0 Å². The highest BCUT2D eigenvalue weighted by Gasteiger charge is 2.18. The molecule has 2 aromatic heterocycles. The number of amides is 2. The van der Waals surface area contributed by atoms with Crippen LogP contribution in [0.2, 0.25) is 0 Å². The zero-order valence-corrected chi connectivity index (χ0v) is 29.3. The second-order valence-electron chi connectivity index (χ2n) is 11.5. The number of thiazole rings is 1. The minimum atomic E-state index is -0.148. The van der Waals surface area contributed by atoms with Gasteiger partial charge in [0.25, 0.3) is 0 Å². The van der Waals surface area contributed by atoms with Crippen molar-refractivity contribution in [3.8, 4) is 5.69 Å². The molecule has 2 N–H and O–H groups in total. The second-order valence-corrected chi connectivity index (χ2v) is 14.7. The standard InChI is InChI=1S/C38H32N6O2S3/c1-24-15-17-31(25(2)19-24)40-36(46)23-48-38-41-32-18-16-28(21-33(32)49-38)39-35(45)22-47-37-43-42-34(44(37)29-12-4-3-5-13-29)20-27-11-8-10-26-9-6-7-14-30(26)27/h3-19,21H,20,22-23H2,1-2H3,(H,39,45)(H,40,46). The van der Waals surface area contributed by atoms with Crippen LogP contribution in [0.3, 0.4) is 0 Å². The van der Waals surface area contributed by atoms with Crippen LogP contribution in [0.4, 0.5) is 11.4 Å². The third-order valence-corrected chi connectivity index (χ3v) is 11.0. The average molecular weight is 701 g/mol. The van der Waals surface area contributed by atoms with Crippen molar-refractivity contribution < 1.29 is 9.59 Å². The largest absolute Gasteiger partial charge is 0.325 e. The fourth-order valence-electron chi connectivity index (χ4n) is 5.60. The molecule has 7 rings (SSSR count). The molecule has 49 heavy (non-hydrogen) atoms. The number of carbonyl (C=O) groups excluding carboxylic acids is 2. The number of para-hydroxylation sites is 1. The smallest absolute Gasteiger partial charge is 0.234 e. The van der Waals surface area contributed by atoms with E-state index in [0.717, 1.165) is 48.4 Å². The Morgan fingerprint density at radius 3 is 2.41 bits per heavy atom. The van der Waals surface area contributed by atoms with E-state index in [2.05, 4.69) is 56.1 Å². The van der Waals surface area contributed by atoms with Crippen LogP contribution >= 0.6 is 34.9 Å². The summed E-state index contributed by atoms with van der Waals surface area (Å²) in [6, 6.07) is 36.2. The highest BCUT2D eigenvalue weighted by atomic mass is 32.2. The number of hydrogen-bond acceptors (Lipinski definition) is 8. The first-order chi connectivity index (χ1) is 23.9. The number of aromatic nitrogens is 4. The molecule has 0 atom stereocenters. The molecule has 5 aromatic carbocycles. The maximum Gasteiger partial charge on any atom is 0.234 e. The maximum atomic E-state index is 13.1. The van der Waals surface area contributed by atoms with E-state index in [1.165, 1.54) is 45.6 Å². The van der Waals surface area contributed by atoms with Gasteiger partial charge in [0.1, 0.15) is 5.82 Å². The molecule has 0 unspecified atom stereocenters. The highest BCUT2D eigenvalue weighted by molar-refractivity contribution is 8.01. The summed E-state index contributed by atoms with van der Waals surface area (Å²) in [5.41, 5.74) is 6.63. The fourth-order valence-corrected chi connectivity index (χ4v) is 8.28. The summed E-state index contributed by atoms with van der Waals surface area (Å²) in [5, 5.41) is 18.1. The second kappa shape index (κ2) is 14.7. The minimum Gasteiger partial charge on any atom is -0.325 e. The Morgan fingerprint density at radius 2 is 1.55 bits per heavy atom. The number of aryl methyl sites for hydroxylation is 2. The number of rotatable bonds is 11. The quantitative estimate of drug-likeness (QED) is 0.130. The molecule has 0 spiro atoms. The molecule has 0 saturated carbocycles. The van der Waals surface area contributed by atoms with Crippen LogP contribution in [0.15, 0.2) is 119 Å². The summed E-state index contributed by atoms with van der Waals surface area (Å²) in [6.07, 6.45) is 0.599. The number of benzene rings is 5. The van der Waals surface area contributed by atoms with E-state index in [9.17, 15) is 9.59 Å². The summed E-state index contributed by atoms with van der Waals surface area (Å²) in [4.78, 5) is 30.4. The molecule has 2 amide bonds. The van der Waals surface area contributed by atoms with E-state index < -0.39 is 0 Å². The lowest BCUT2D eigenvalue weighted by atomic mass is 10.0. The zero-order chi connectivity index (χ0) is 33.7. The third kappa shape index (κ3) is 7.69. The lowest BCUT2D eigenvalue weighted by molar-refractivity contribution is -0.114. The van der Waals surface area contributed by atoms with E-state index in [4.69, 9.17) is 0 Å². The third-order valence-electron chi connectivity index (χ3n) is 7.91. The van der Waals surface area contributed by atoms with Gasteiger partial charge in [-0.05, 0) is 72.1 Å². The van der Waals surface area contributed by atoms with Crippen molar-refractivity contribution >= 4 is 79.0 Å². The molecule has 0 aliphatic heterocycles. The summed E-state index contributed by atoms with van der Waals surface area (Å²) in [6.45, 7) is 4.01. The van der Waals surface area contributed by atoms with Gasteiger partial charge in [0.05, 0.1) is 21.7 Å². The zero-order valence-electron chi connectivity index (χ0n) is 26.8. The van der Waals surface area contributed by atoms with Crippen molar-refractivity contribution in [2.24, 2.45) is 0 Å². The molecule has 11 heteroatoms. The molecule has 2 heterocycles. The van der Waals surface area contributed by atoms with Crippen molar-refractivity contribution in [2.75, 3.05) is 22.1 Å². The van der Waals surface area contributed by atoms with Gasteiger partial charge in [-0.15, -0.1) is 21.5 Å². The van der Waals surface area contributed by atoms with Gasteiger partial charge in [-0.1, -0.05) is 102 Å². The molecule has 0 bridgehead atoms. The average Bonchev–Trinajstić information content (AvgIpc) is 3.71. The summed E-state index contributed by atoms with van der Waals surface area (Å²) in [5.74, 6) is 0.995. The van der Waals surface area contributed by atoms with Gasteiger partial charge in [0.2, 0.25) is 11.8 Å². The molecule has 0 saturated heterocycles. The number of nitrogens with zero attached hydrogens (tertiary/aromatic N) is 4. The van der Waals surface area contributed by atoms with Crippen molar-refractivity contribution in [2.45, 2.75) is 29.8 Å². The van der Waals surface area contributed by atoms with E-state index in [0.29, 0.717) is 17.3 Å². The fraction of sp³-hybridized carbons (Fsp3) is 0.132. The van der Waals surface area contributed by atoms with Gasteiger partial charge in [-0.2, -0.15) is 0 Å². The molecule has 8 nitrogen and oxygen atoms in total. The van der Waals surface area contributed by atoms with Crippen molar-refractivity contribution in [1.29, 1.82) is 0 Å². The predicted molar refractivity (Wildman–Crippen MR) is 202 cm³/mol. The molecule has 0 radical (unpaired) electrons.